The van der Waals surface area contributed by atoms with Gasteiger partial charge in [0.2, 0.25) is 5.89 Å². The zero-order chi connectivity index (χ0) is 33.0. The van der Waals surface area contributed by atoms with Crippen LogP contribution in [0.25, 0.3) is 72.1 Å². The topological polar surface area (TPSA) is 29.3 Å². The molecule has 10 rings (SSSR count). The van der Waals surface area contributed by atoms with Gasteiger partial charge >= 0.3 is 0 Å². The van der Waals surface area contributed by atoms with Crippen LogP contribution in [0.4, 0.5) is 11.4 Å². The second-order valence-corrected chi connectivity index (χ2v) is 13.1. The number of rotatable bonds is 5. The van der Waals surface area contributed by atoms with E-state index in [2.05, 4.69) is 144 Å². The van der Waals surface area contributed by atoms with E-state index in [1.54, 1.807) is 0 Å². The Morgan fingerprint density at radius 3 is 1.90 bits per heavy atom. The minimum atomic E-state index is 0.649. The Labute approximate surface area is 290 Å². The van der Waals surface area contributed by atoms with Gasteiger partial charge in [0.1, 0.15) is 5.52 Å². The van der Waals surface area contributed by atoms with E-state index in [1.807, 2.05) is 30.3 Å². The molecular formula is C47H32N2O. The maximum Gasteiger partial charge on any atom is 0.227 e. The van der Waals surface area contributed by atoms with Crippen molar-refractivity contribution in [3.63, 3.8) is 0 Å². The number of benzene rings is 8. The number of aromatic nitrogens is 1. The van der Waals surface area contributed by atoms with Gasteiger partial charge in [0.25, 0.3) is 0 Å². The molecule has 0 amide bonds. The first-order valence-corrected chi connectivity index (χ1v) is 17.3. The molecule has 0 fully saturated rings. The molecule has 0 atom stereocenters. The van der Waals surface area contributed by atoms with Crippen LogP contribution >= 0.6 is 0 Å². The van der Waals surface area contributed by atoms with Gasteiger partial charge in [-0.05, 0) is 117 Å². The smallest absolute Gasteiger partial charge is 0.227 e. The number of anilines is 2. The summed E-state index contributed by atoms with van der Waals surface area (Å²) in [5.41, 5.74) is 11.3. The number of fused-ring (bicyclic) bond motifs is 7. The van der Waals surface area contributed by atoms with E-state index in [0.717, 1.165) is 51.7 Å². The highest BCUT2D eigenvalue weighted by molar-refractivity contribution is 6.13. The summed E-state index contributed by atoms with van der Waals surface area (Å²) in [6.07, 6.45) is 4.24. The lowest BCUT2D eigenvalue weighted by Gasteiger charge is -2.31. The van der Waals surface area contributed by atoms with Crippen LogP contribution in [0.3, 0.4) is 0 Å². The van der Waals surface area contributed by atoms with Gasteiger partial charge < -0.3 is 9.32 Å². The summed E-state index contributed by atoms with van der Waals surface area (Å²) < 4.78 is 6.56. The SMILES string of the molecule is C1=C(N(c2ccccc2)c2ccc(-c3c4ccccc4cc4ccccc34)cc2)CCc2ccc3ccc4nc(-c5ccccc5)oc4c3c21. The predicted octanol–water partition coefficient (Wildman–Crippen LogP) is 12.7. The summed E-state index contributed by atoms with van der Waals surface area (Å²) in [5, 5.41) is 7.33. The molecule has 0 saturated heterocycles. The zero-order valence-corrected chi connectivity index (χ0v) is 27.4. The van der Waals surface area contributed by atoms with Gasteiger partial charge in [-0.15, -0.1) is 0 Å². The van der Waals surface area contributed by atoms with Crippen LogP contribution < -0.4 is 4.90 Å². The highest BCUT2D eigenvalue weighted by atomic mass is 16.3. The number of allylic oxidation sites excluding steroid dienone is 1. The summed E-state index contributed by atoms with van der Waals surface area (Å²) >= 11 is 0. The summed E-state index contributed by atoms with van der Waals surface area (Å²) in [4.78, 5) is 7.32. The normalized spacial score (nSPS) is 12.8. The molecule has 9 aromatic rings. The first-order chi connectivity index (χ1) is 24.8. The van der Waals surface area contributed by atoms with E-state index in [4.69, 9.17) is 9.40 Å². The number of hydrogen-bond donors (Lipinski definition) is 0. The average molecular weight is 641 g/mol. The van der Waals surface area contributed by atoms with E-state index in [0.29, 0.717) is 5.89 Å². The molecule has 8 aromatic carbocycles. The maximum atomic E-state index is 6.56. The Kier molecular flexibility index (Phi) is 6.63. The maximum absolute atomic E-state index is 6.56. The molecule has 0 aliphatic heterocycles. The average Bonchev–Trinajstić information content (AvgIpc) is 3.63. The van der Waals surface area contributed by atoms with Crippen LogP contribution in [0, 0.1) is 0 Å². The van der Waals surface area contributed by atoms with Crippen molar-refractivity contribution in [2.45, 2.75) is 12.8 Å². The monoisotopic (exact) mass is 640 g/mol. The fourth-order valence-electron chi connectivity index (χ4n) is 7.79. The third-order valence-corrected chi connectivity index (χ3v) is 10.1. The molecule has 3 heteroatoms. The molecule has 0 unspecified atom stereocenters. The summed E-state index contributed by atoms with van der Waals surface area (Å²) in [7, 11) is 0. The number of oxazole rings is 1. The van der Waals surface area contributed by atoms with Gasteiger partial charge in [0.15, 0.2) is 5.58 Å². The van der Waals surface area contributed by atoms with Gasteiger partial charge in [0.05, 0.1) is 0 Å². The van der Waals surface area contributed by atoms with Crippen molar-refractivity contribution < 1.29 is 4.42 Å². The molecular weight excluding hydrogens is 609 g/mol. The van der Waals surface area contributed by atoms with Crippen molar-refractivity contribution in [1.29, 1.82) is 0 Å². The van der Waals surface area contributed by atoms with Crippen molar-refractivity contribution in [1.82, 2.24) is 4.98 Å². The number of para-hydroxylation sites is 1. The number of aryl methyl sites for hydroxylation is 1. The van der Waals surface area contributed by atoms with E-state index >= 15 is 0 Å². The van der Waals surface area contributed by atoms with Crippen LogP contribution in [-0.2, 0) is 6.42 Å². The van der Waals surface area contributed by atoms with E-state index < -0.39 is 0 Å². The van der Waals surface area contributed by atoms with Gasteiger partial charge in [0, 0.05) is 28.0 Å². The van der Waals surface area contributed by atoms with Gasteiger partial charge in [-0.3, -0.25) is 0 Å². The molecule has 3 nitrogen and oxygen atoms in total. The summed E-state index contributed by atoms with van der Waals surface area (Å²) in [5.74, 6) is 0.649. The molecule has 1 heterocycles. The lowest BCUT2D eigenvalue weighted by Crippen LogP contribution is -2.19. The minimum absolute atomic E-state index is 0.649. The second-order valence-electron chi connectivity index (χ2n) is 13.1. The molecule has 50 heavy (non-hydrogen) atoms. The Balaban J connectivity index is 1.13. The van der Waals surface area contributed by atoms with E-state index in [-0.39, 0.29) is 0 Å². The van der Waals surface area contributed by atoms with Crippen molar-refractivity contribution in [2.75, 3.05) is 4.90 Å². The standard InChI is InChI=1S/C47H32N2O/c1-3-11-34(12-4-1)47-48-43-28-24-33-20-19-31-21-27-39(30-42(31)45(33)46(43)50-47)49(37-15-5-2-6-16-37)38-25-22-32(23-26-38)44-40-17-9-7-13-35(40)29-36-14-8-10-18-41(36)44/h1-20,22-26,28-30H,21,27H2. The van der Waals surface area contributed by atoms with Crippen LogP contribution in [-0.4, -0.2) is 4.98 Å². The fourth-order valence-corrected chi connectivity index (χ4v) is 7.79. The minimum Gasteiger partial charge on any atom is -0.435 e. The van der Waals surface area contributed by atoms with Gasteiger partial charge in [-0.2, -0.15) is 0 Å². The van der Waals surface area contributed by atoms with E-state index in [1.165, 1.54) is 49.5 Å². The Bertz CT molecular complexity index is 2690. The van der Waals surface area contributed by atoms with Crippen molar-refractivity contribution in [2.24, 2.45) is 0 Å². The van der Waals surface area contributed by atoms with Crippen LogP contribution in [0.15, 0.2) is 174 Å². The van der Waals surface area contributed by atoms with Crippen molar-refractivity contribution in [3.8, 4) is 22.6 Å². The molecule has 1 aliphatic carbocycles. The highest BCUT2D eigenvalue weighted by Gasteiger charge is 2.23. The highest BCUT2D eigenvalue weighted by Crippen LogP contribution is 2.42. The Hall–Kier alpha value is -6.45. The molecule has 0 bridgehead atoms. The molecule has 0 saturated carbocycles. The first kappa shape index (κ1) is 28.6. The number of nitrogens with zero attached hydrogens (tertiary/aromatic N) is 2. The Morgan fingerprint density at radius 1 is 0.520 bits per heavy atom. The van der Waals surface area contributed by atoms with Crippen LogP contribution in [0.2, 0.25) is 0 Å². The number of hydrogen-bond acceptors (Lipinski definition) is 3. The summed E-state index contributed by atoms with van der Waals surface area (Å²) in [6, 6.07) is 58.5. The Morgan fingerprint density at radius 2 is 1.16 bits per heavy atom. The molecule has 236 valence electrons. The molecule has 0 radical (unpaired) electrons. The third kappa shape index (κ3) is 4.70. The van der Waals surface area contributed by atoms with E-state index in [9.17, 15) is 0 Å². The third-order valence-electron chi connectivity index (χ3n) is 10.1. The molecule has 1 aliphatic rings. The largest absolute Gasteiger partial charge is 0.435 e. The summed E-state index contributed by atoms with van der Waals surface area (Å²) in [6.45, 7) is 0. The molecule has 1 aromatic heterocycles. The fraction of sp³-hybridized carbons (Fsp3) is 0.0426. The van der Waals surface area contributed by atoms with Crippen LogP contribution in [0.1, 0.15) is 17.5 Å². The zero-order valence-electron chi connectivity index (χ0n) is 27.4. The molecule has 0 spiro atoms. The lowest BCUT2D eigenvalue weighted by molar-refractivity contribution is 0.623. The quantitative estimate of drug-likeness (QED) is 0.175. The molecule has 0 N–H and O–H groups in total. The predicted molar refractivity (Wildman–Crippen MR) is 209 cm³/mol. The second kappa shape index (κ2) is 11.6. The van der Waals surface area contributed by atoms with Crippen LogP contribution in [0.5, 0.6) is 0 Å². The van der Waals surface area contributed by atoms with Crippen molar-refractivity contribution in [3.05, 3.63) is 181 Å². The first-order valence-electron chi connectivity index (χ1n) is 17.3. The van der Waals surface area contributed by atoms with Gasteiger partial charge in [-0.1, -0.05) is 115 Å². The lowest BCUT2D eigenvalue weighted by atomic mass is 9.89. The van der Waals surface area contributed by atoms with Gasteiger partial charge in [-0.25, -0.2) is 4.98 Å². The van der Waals surface area contributed by atoms with Crippen molar-refractivity contribution >= 4 is 60.9 Å².